The Labute approximate surface area is 94.6 Å². The monoisotopic (exact) mass is 245 g/mol. The van der Waals surface area contributed by atoms with Crippen molar-refractivity contribution in [2.24, 2.45) is 0 Å². The van der Waals surface area contributed by atoms with Gasteiger partial charge in [0, 0.05) is 24.2 Å². The van der Waals surface area contributed by atoms with E-state index in [1.807, 2.05) is 4.68 Å². The van der Waals surface area contributed by atoms with Crippen LogP contribution in [0.1, 0.15) is 11.3 Å². The quantitative estimate of drug-likeness (QED) is 0.776. The molecule has 6 nitrogen and oxygen atoms in total. The van der Waals surface area contributed by atoms with Gasteiger partial charge < -0.3 is 4.74 Å². The maximum Gasteiger partial charge on any atom is 0.208 e. The fourth-order valence-corrected chi connectivity index (χ4v) is 2.20. The number of hydrogen-bond donors (Lipinski definition) is 1. The number of fused-ring (bicyclic) bond motifs is 1. The van der Waals surface area contributed by atoms with E-state index in [0.29, 0.717) is 26.3 Å². The van der Waals surface area contributed by atoms with E-state index in [1.165, 1.54) is 0 Å². The van der Waals surface area contributed by atoms with Crippen LogP contribution in [-0.2, 0) is 34.3 Å². The van der Waals surface area contributed by atoms with E-state index in [0.717, 1.165) is 23.9 Å². The van der Waals surface area contributed by atoms with Gasteiger partial charge in [-0.1, -0.05) is 0 Å². The molecular formula is C9H15N3O3S. The van der Waals surface area contributed by atoms with Crippen LogP contribution in [0.4, 0.5) is 0 Å². The second-order valence-electron chi connectivity index (χ2n) is 3.81. The van der Waals surface area contributed by atoms with E-state index >= 15 is 0 Å². The lowest BCUT2D eigenvalue weighted by Crippen LogP contribution is -2.27. The summed E-state index contributed by atoms with van der Waals surface area (Å²) >= 11 is 0. The van der Waals surface area contributed by atoms with Gasteiger partial charge in [-0.25, -0.2) is 13.1 Å². The van der Waals surface area contributed by atoms with Crippen molar-refractivity contribution in [2.45, 2.75) is 19.6 Å². The van der Waals surface area contributed by atoms with E-state index in [2.05, 4.69) is 9.82 Å². The van der Waals surface area contributed by atoms with Crippen LogP contribution in [0, 0.1) is 0 Å². The normalized spacial score (nSPS) is 16.1. The molecule has 0 spiro atoms. The van der Waals surface area contributed by atoms with E-state index < -0.39 is 10.0 Å². The highest BCUT2D eigenvalue weighted by Gasteiger charge is 2.15. The first kappa shape index (κ1) is 11.6. The van der Waals surface area contributed by atoms with Crippen molar-refractivity contribution in [1.82, 2.24) is 14.5 Å². The highest BCUT2D eigenvalue weighted by Crippen LogP contribution is 2.15. The largest absolute Gasteiger partial charge is 0.376 e. The Morgan fingerprint density at radius 3 is 3.19 bits per heavy atom. The Kier molecular flexibility index (Phi) is 3.27. The van der Waals surface area contributed by atoms with Crippen molar-refractivity contribution in [3.05, 3.63) is 17.5 Å². The molecule has 16 heavy (non-hydrogen) atoms. The zero-order chi connectivity index (χ0) is 11.6. The fraction of sp³-hybridized carbons (Fsp3) is 0.667. The topological polar surface area (TPSA) is 73.2 Å². The Bertz CT molecular complexity index is 466. The molecule has 2 rings (SSSR count). The van der Waals surface area contributed by atoms with Crippen LogP contribution < -0.4 is 4.72 Å². The Balaban J connectivity index is 1.97. The van der Waals surface area contributed by atoms with E-state index in [9.17, 15) is 8.42 Å². The van der Waals surface area contributed by atoms with Crippen LogP contribution in [-0.4, -0.2) is 37.6 Å². The van der Waals surface area contributed by atoms with E-state index in [1.54, 1.807) is 6.20 Å². The van der Waals surface area contributed by atoms with Crippen molar-refractivity contribution in [2.75, 3.05) is 19.4 Å². The van der Waals surface area contributed by atoms with Crippen molar-refractivity contribution < 1.29 is 13.2 Å². The predicted octanol–water partition coefficient (Wildman–Crippen LogP) is -0.495. The molecule has 0 radical (unpaired) electrons. The number of nitrogens with one attached hydrogen (secondary N) is 1. The fourth-order valence-electron chi connectivity index (χ4n) is 1.74. The molecule has 1 aromatic rings. The number of ether oxygens (including phenoxy) is 1. The van der Waals surface area contributed by atoms with Gasteiger partial charge in [-0.05, 0) is 0 Å². The summed E-state index contributed by atoms with van der Waals surface area (Å²) < 4.78 is 31.4. The van der Waals surface area contributed by atoms with Gasteiger partial charge in [0.25, 0.3) is 0 Å². The van der Waals surface area contributed by atoms with Crippen LogP contribution in [0.15, 0.2) is 6.20 Å². The smallest absolute Gasteiger partial charge is 0.208 e. The number of aromatic nitrogens is 2. The van der Waals surface area contributed by atoms with Crippen molar-refractivity contribution >= 4 is 10.0 Å². The maximum absolute atomic E-state index is 10.9. The second kappa shape index (κ2) is 4.52. The molecule has 0 aliphatic carbocycles. The molecule has 1 N–H and O–H groups in total. The van der Waals surface area contributed by atoms with E-state index in [4.69, 9.17) is 4.74 Å². The van der Waals surface area contributed by atoms with Gasteiger partial charge in [0.2, 0.25) is 10.0 Å². The number of hydrogen-bond acceptors (Lipinski definition) is 4. The summed E-state index contributed by atoms with van der Waals surface area (Å²) in [4.78, 5) is 0. The molecule has 0 saturated carbocycles. The van der Waals surface area contributed by atoms with Gasteiger partial charge in [0.05, 0.1) is 32.2 Å². The number of rotatable bonds is 4. The van der Waals surface area contributed by atoms with Gasteiger partial charge in [-0.3, -0.25) is 4.68 Å². The van der Waals surface area contributed by atoms with Gasteiger partial charge in [-0.2, -0.15) is 5.10 Å². The number of sulfonamides is 1. The van der Waals surface area contributed by atoms with Crippen molar-refractivity contribution in [3.63, 3.8) is 0 Å². The second-order valence-corrected chi connectivity index (χ2v) is 5.64. The predicted molar refractivity (Wildman–Crippen MR) is 58.4 cm³/mol. The molecule has 0 aromatic carbocycles. The first-order valence-electron chi connectivity index (χ1n) is 5.12. The van der Waals surface area contributed by atoms with Crippen LogP contribution in [0.2, 0.25) is 0 Å². The zero-order valence-corrected chi connectivity index (χ0v) is 9.96. The van der Waals surface area contributed by atoms with Crippen molar-refractivity contribution in [3.8, 4) is 0 Å². The summed E-state index contributed by atoms with van der Waals surface area (Å²) in [7, 11) is -3.11. The zero-order valence-electron chi connectivity index (χ0n) is 9.14. The summed E-state index contributed by atoms with van der Waals surface area (Å²) in [6.07, 6.45) is 3.78. The molecule has 0 unspecified atom stereocenters. The molecule has 0 amide bonds. The van der Waals surface area contributed by atoms with Gasteiger partial charge in [-0.15, -0.1) is 0 Å². The number of nitrogens with zero attached hydrogens (tertiary/aromatic N) is 2. The van der Waals surface area contributed by atoms with Crippen molar-refractivity contribution in [1.29, 1.82) is 0 Å². The molecule has 0 bridgehead atoms. The third kappa shape index (κ3) is 2.81. The minimum absolute atomic E-state index is 0.369. The van der Waals surface area contributed by atoms with Gasteiger partial charge in [0.15, 0.2) is 0 Å². The van der Waals surface area contributed by atoms with Crippen LogP contribution in [0.25, 0.3) is 0 Å². The minimum atomic E-state index is -3.11. The molecule has 2 heterocycles. The molecule has 1 aliphatic heterocycles. The van der Waals surface area contributed by atoms with Crippen LogP contribution in [0.5, 0.6) is 0 Å². The molecular weight excluding hydrogens is 230 g/mol. The third-order valence-corrected chi connectivity index (χ3v) is 3.19. The summed E-state index contributed by atoms with van der Waals surface area (Å²) in [5.74, 6) is 0. The molecule has 0 saturated heterocycles. The lowest BCUT2D eigenvalue weighted by Gasteiger charge is -2.14. The SMILES string of the molecule is CS(=O)(=O)NCCn1ncc2c1CCOC2. The average molecular weight is 245 g/mol. The first-order valence-corrected chi connectivity index (χ1v) is 7.01. The molecule has 0 atom stereocenters. The molecule has 1 aliphatic rings. The van der Waals surface area contributed by atoms with Gasteiger partial charge >= 0.3 is 0 Å². The lowest BCUT2D eigenvalue weighted by atomic mass is 10.2. The molecule has 90 valence electrons. The Morgan fingerprint density at radius 1 is 1.62 bits per heavy atom. The maximum atomic E-state index is 10.9. The third-order valence-electron chi connectivity index (χ3n) is 2.46. The van der Waals surface area contributed by atoms with Crippen LogP contribution >= 0.6 is 0 Å². The van der Waals surface area contributed by atoms with Gasteiger partial charge in [0.1, 0.15) is 0 Å². The lowest BCUT2D eigenvalue weighted by molar-refractivity contribution is 0.109. The molecule has 7 heteroatoms. The Hall–Kier alpha value is -0.920. The standard InChI is InChI=1S/C9H15N3O3S/c1-16(13,14)11-3-4-12-9-2-5-15-7-8(9)6-10-12/h6,11H,2-5,7H2,1H3. The minimum Gasteiger partial charge on any atom is -0.376 e. The summed E-state index contributed by atoms with van der Waals surface area (Å²) in [6, 6.07) is 0. The highest BCUT2D eigenvalue weighted by molar-refractivity contribution is 7.88. The average Bonchev–Trinajstić information content (AvgIpc) is 2.60. The van der Waals surface area contributed by atoms with Crippen LogP contribution in [0.3, 0.4) is 0 Å². The highest BCUT2D eigenvalue weighted by atomic mass is 32.2. The summed E-state index contributed by atoms with van der Waals surface area (Å²) in [6.45, 7) is 2.24. The Morgan fingerprint density at radius 2 is 2.44 bits per heavy atom. The molecule has 0 fully saturated rings. The summed E-state index contributed by atoms with van der Waals surface area (Å²) in [5.41, 5.74) is 2.26. The molecule has 1 aromatic heterocycles. The summed E-state index contributed by atoms with van der Waals surface area (Å²) in [5, 5.41) is 4.22. The first-order chi connectivity index (χ1) is 7.56. The van der Waals surface area contributed by atoms with E-state index in [-0.39, 0.29) is 0 Å².